The molecule has 0 atom stereocenters. The van der Waals surface area contributed by atoms with E-state index in [0.717, 1.165) is 12.8 Å². The first kappa shape index (κ1) is 26.2. The fourth-order valence-corrected chi connectivity index (χ4v) is 5.75. The lowest BCUT2D eigenvalue weighted by Crippen LogP contribution is -2.50. The number of halogens is 1. The average molecular weight is 511 g/mol. The maximum atomic E-state index is 13.7. The van der Waals surface area contributed by atoms with Crippen molar-refractivity contribution in [1.29, 1.82) is 0 Å². The molecule has 1 fully saturated rings. The van der Waals surface area contributed by atoms with Crippen LogP contribution in [-0.4, -0.2) is 60.4 Å². The van der Waals surface area contributed by atoms with E-state index in [1.54, 1.807) is 10.4 Å². The Labute approximate surface area is 204 Å². The quantitative estimate of drug-likeness (QED) is 0.380. The Balaban J connectivity index is 0.00000324. The molecule has 0 amide bonds. The van der Waals surface area contributed by atoms with Gasteiger partial charge < -0.3 is 20.0 Å². The molecule has 11 heteroatoms. The van der Waals surface area contributed by atoms with Crippen LogP contribution in [0.25, 0.3) is 21.8 Å². The van der Waals surface area contributed by atoms with Crippen molar-refractivity contribution in [3.05, 3.63) is 40.3 Å². The van der Waals surface area contributed by atoms with Crippen LogP contribution in [0.15, 0.2) is 34.1 Å². The van der Waals surface area contributed by atoms with Gasteiger partial charge in [-0.05, 0) is 58.4 Å². The summed E-state index contributed by atoms with van der Waals surface area (Å²) in [5, 5.41) is 4.00. The third kappa shape index (κ3) is 4.86. The molecule has 34 heavy (non-hydrogen) atoms. The second-order valence-electron chi connectivity index (χ2n) is 9.17. The molecule has 0 saturated heterocycles. The number of aromatic nitrogens is 2. The molecule has 1 aromatic carbocycles. The number of carbonyl (C=O) groups excluding carboxylic acids is 1. The number of rotatable bonds is 9. The first-order chi connectivity index (χ1) is 15.6. The number of carbonyl (C=O) groups is 1. The summed E-state index contributed by atoms with van der Waals surface area (Å²) in [6.45, 7) is 6.39. The Morgan fingerprint density at radius 1 is 1.29 bits per heavy atom. The van der Waals surface area contributed by atoms with Crippen LogP contribution in [0.3, 0.4) is 0 Å². The van der Waals surface area contributed by atoms with Gasteiger partial charge in [0.25, 0.3) is 5.56 Å². The van der Waals surface area contributed by atoms with Gasteiger partial charge in [0.1, 0.15) is 5.52 Å². The van der Waals surface area contributed by atoms with Crippen molar-refractivity contribution >= 4 is 50.2 Å². The Morgan fingerprint density at radius 2 is 2.00 bits per heavy atom. The smallest absolute Gasteiger partial charge is 0.340 e. The Morgan fingerprint density at radius 3 is 2.62 bits per heavy atom. The van der Waals surface area contributed by atoms with E-state index in [1.165, 1.54) is 18.3 Å². The van der Waals surface area contributed by atoms with Gasteiger partial charge in [0.2, 0.25) is 10.0 Å². The fourth-order valence-electron chi connectivity index (χ4n) is 3.88. The molecule has 0 bridgehead atoms. The monoisotopic (exact) mass is 510 g/mol. The molecule has 3 aromatic rings. The van der Waals surface area contributed by atoms with Crippen LogP contribution < -0.4 is 10.9 Å². The van der Waals surface area contributed by atoms with Crippen LogP contribution in [0, 0.1) is 0 Å². The zero-order valence-corrected chi connectivity index (χ0v) is 21.4. The Hall–Kier alpha value is -2.40. The topological polar surface area (TPSA) is 124 Å². The maximum Gasteiger partial charge on any atom is 0.340 e. The summed E-state index contributed by atoms with van der Waals surface area (Å²) in [7, 11) is -2.00. The number of pyridine rings is 1. The van der Waals surface area contributed by atoms with Crippen LogP contribution in [0.5, 0.6) is 0 Å². The number of nitrogens with one attached hydrogen (secondary N) is 3. The summed E-state index contributed by atoms with van der Waals surface area (Å²) in [4.78, 5) is 30.9. The zero-order valence-electron chi connectivity index (χ0n) is 19.7. The Kier molecular flexibility index (Phi) is 7.47. The summed E-state index contributed by atoms with van der Waals surface area (Å²) >= 11 is 0. The van der Waals surface area contributed by atoms with Crippen molar-refractivity contribution in [1.82, 2.24) is 19.6 Å². The number of benzene rings is 1. The highest BCUT2D eigenvalue weighted by atomic mass is 35.5. The van der Waals surface area contributed by atoms with Gasteiger partial charge in [-0.3, -0.25) is 4.79 Å². The fraction of sp³-hybridized carbons (Fsp3) is 0.478. The van der Waals surface area contributed by atoms with Crippen molar-refractivity contribution in [2.24, 2.45) is 0 Å². The molecule has 0 radical (unpaired) electrons. The molecule has 186 valence electrons. The SMILES string of the molecule is CCCOC(=O)c1c[nH]c2c(=O)[nH]c3ccc(S(=O)(=O)N(CC(C)(C)NC)C4CC4)cc3c12.Cl. The van der Waals surface area contributed by atoms with Crippen molar-refractivity contribution in [3.63, 3.8) is 0 Å². The van der Waals surface area contributed by atoms with Gasteiger partial charge in [-0.25, -0.2) is 13.2 Å². The predicted molar refractivity (Wildman–Crippen MR) is 134 cm³/mol. The standard InChI is InChI=1S/C23H30N4O5S.ClH/c1-5-10-32-22(29)17-12-25-20-19(17)16-11-15(8-9-18(16)26-21(20)28)33(30,31)27(14-6-7-14)13-23(2,3)24-4;/h8-9,11-12,14,24-25H,5-7,10,13H2,1-4H3,(H,26,28);1H. The molecule has 1 saturated carbocycles. The predicted octanol–water partition coefficient (Wildman–Crippen LogP) is 3.15. The van der Waals surface area contributed by atoms with E-state index in [9.17, 15) is 18.0 Å². The molecule has 0 aliphatic heterocycles. The molecule has 2 heterocycles. The summed E-state index contributed by atoms with van der Waals surface area (Å²) in [5.41, 5.74) is 0.0689. The minimum absolute atomic E-state index is 0. The van der Waals surface area contributed by atoms with E-state index >= 15 is 0 Å². The number of fused-ring (bicyclic) bond motifs is 3. The van der Waals surface area contributed by atoms with E-state index in [4.69, 9.17) is 4.74 Å². The number of hydrogen-bond donors (Lipinski definition) is 3. The molecular formula is C23H31ClN4O5S. The van der Waals surface area contributed by atoms with Gasteiger partial charge in [0, 0.05) is 40.6 Å². The lowest BCUT2D eigenvalue weighted by molar-refractivity contribution is 0.0507. The lowest BCUT2D eigenvalue weighted by atomic mass is 10.1. The average Bonchev–Trinajstić information content (AvgIpc) is 3.52. The molecule has 4 rings (SSSR count). The second kappa shape index (κ2) is 9.69. The van der Waals surface area contributed by atoms with Crippen molar-refractivity contribution in [2.45, 2.75) is 56.5 Å². The molecule has 1 aliphatic carbocycles. The molecule has 9 nitrogen and oxygen atoms in total. The first-order valence-electron chi connectivity index (χ1n) is 11.1. The maximum absolute atomic E-state index is 13.7. The summed E-state index contributed by atoms with van der Waals surface area (Å²) in [6, 6.07) is 4.59. The van der Waals surface area contributed by atoms with Crippen molar-refractivity contribution < 1.29 is 17.9 Å². The second-order valence-corrected chi connectivity index (χ2v) is 11.1. The normalized spacial score (nSPS) is 14.5. The number of likely N-dealkylation sites (N-methyl/N-ethyl adjacent to an activating group) is 1. The molecule has 2 aromatic heterocycles. The largest absolute Gasteiger partial charge is 0.462 e. The molecule has 1 aliphatic rings. The molecular weight excluding hydrogens is 480 g/mol. The summed E-state index contributed by atoms with van der Waals surface area (Å²) < 4.78 is 34.2. The third-order valence-electron chi connectivity index (χ3n) is 6.06. The minimum atomic E-state index is -3.81. The van der Waals surface area contributed by atoms with Crippen molar-refractivity contribution in [2.75, 3.05) is 20.2 Å². The lowest BCUT2D eigenvalue weighted by Gasteiger charge is -2.32. The molecule has 0 unspecified atom stereocenters. The van der Waals surface area contributed by atoms with Gasteiger partial charge >= 0.3 is 5.97 Å². The molecule has 0 spiro atoms. The van der Waals surface area contributed by atoms with Gasteiger partial charge in [0.15, 0.2) is 0 Å². The Bertz CT molecular complexity index is 1380. The third-order valence-corrected chi connectivity index (χ3v) is 7.96. The van der Waals surface area contributed by atoms with Gasteiger partial charge in [-0.2, -0.15) is 4.31 Å². The number of ether oxygens (including phenoxy) is 1. The van der Waals surface area contributed by atoms with Crippen molar-refractivity contribution in [3.8, 4) is 0 Å². The number of H-pyrrole nitrogens is 2. The number of sulfonamides is 1. The van der Waals surface area contributed by atoms with E-state index in [0.29, 0.717) is 29.3 Å². The molecule has 3 N–H and O–H groups in total. The summed E-state index contributed by atoms with van der Waals surface area (Å²) in [5.74, 6) is -0.557. The van der Waals surface area contributed by atoms with Crippen LogP contribution in [-0.2, 0) is 14.8 Å². The number of nitrogens with zero attached hydrogens (tertiary/aromatic N) is 1. The number of aromatic amines is 2. The minimum Gasteiger partial charge on any atom is -0.462 e. The van der Waals surface area contributed by atoms with E-state index in [1.807, 2.05) is 27.8 Å². The van der Waals surface area contributed by atoms with E-state index in [2.05, 4.69) is 15.3 Å². The summed E-state index contributed by atoms with van der Waals surface area (Å²) in [6.07, 6.45) is 3.76. The highest BCUT2D eigenvalue weighted by molar-refractivity contribution is 7.89. The van der Waals surface area contributed by atoms with Crippen LogP contribution in [0.2, 0.25) is 0 Å². The highest BCUT2D eigenvalue weighted by Gasteiger charge is 2.40. The highest BCUT2D eigenvalue weighted by Crippen LogP contribution is 2.35. The van der Waals surface area contributed by atoms with Gasteiger partial charge in [-0.1, -0.05) is 6.92 Å². The first-order valence-corrected chi connectivity index (χ1v) is 12.6. The number of esters is 1. The van der Waals surface area contributed by atoms with Crippen LogP contribution in [0.1, 0.15) is 50.4 Å². The van der Waals surface area contributed by atoms with E-state index in [-0.39, 0.29) is 41.0 Å². The van der Waals surface area contributed by atoms with E-state index < -0.39 is 27.1 Å². The zero-order chi connectivity index (χ0) is 24.0. The van der Waals surface area contributed by atoms with Gasteiger partial charge in [-0.15, -0.1) is 12.4 Å². The van der Waals surface area contributed by atoms with Crippen LogP contribution >= 0.6 is 12.4 Å². The van der Waals surface area contributed by atoms with Crippen LogP contribution in [0.4, 0.5) is 0 Å². The number of hydrogen-bond acceptors (Lipinski definition) is 6. The van der Waals surface area contributed by atoms with Gasteiger partial charge in [0.05, 0.1) is 17.1 Å².